The van der Waals surface area contributed by atoms with E-state index in [-0.39, 0.29) is 75.5 Å². The summed E-state index contributed by atoms with van der Waals surface area (Å²) < 4.78 is 20.8. The molecule has 0 radical (unpaired) electrons. The molecule has 4 unspecified atom stereocenters. The van der Waals surface area contributed by atoms with Gasteiger partial charge in [0.1, 0.15) is 30.0 Å². The number of ketones is 1. The van der Waals surface area contributed by atoms with Crippen LogP contribution < -0.4 is 37.6 Å². The highest BCUT2D eigenvalue weighted by molar-refractivity contribution is 6.01. The summed E-state index contributed by atoms with van der Waals surface area (Å²) in [6, 6.07) is -7.60. The highest BCUT2D eigenvalue weighted by Gasteiger charge is 2.33. The Morgan fingerprint density at radius 2 is 0.729 bits per heavy atom. The number of carboxylic acid groups (broad SMARTS) is 6. The summed E-state index contributed by atoms with van der Waals surface area (Å²) in [5, 5.41) is 68.6. The third-order valence-corrected chi connectivity index (χ3v) is 14.3. The summed E-state index contributed by atoms with van der Waals surface area (Å²) in [7, 11) is 3.45. The van der Waals surface area contributed by atoms with E-state index in [1.807, 2.05) is 5.32 Å². The maximum Gasteiger partial charge on any atom is 0.333 e. The summed E-state index contributed by atoms with van der Waals surface area (Å²) >= 11 is 0. The van der Waals surface area contributed by atoms with Crippen LogP contribution in [0.25, 0.3) is 0 Å². The van der Waals surface area contributed by atoms with E-state index < -0.39 is 103 Å². The van der Waals surface area contributed by atoms with E-state index in [2.05, 4.69) is 26.6 Å². The largest absolute Gasteiger partial charge is 0.481 e. The number of carbonyl (C=O) groups is 14. The molecule has 0 aliphatic carbocycles. The van der Waals surface area contributed by atoms with E-state index in [0.29, 0.717) is 108 Å². The Bertz CT molecular complexity index is 2250. The number of rotatable bonds is 59. The van der Waals surface area contributed by atoms with Crippen LogP contribution in [0.1, 0.15) is 218 Å². The molecule has 0 bridgehead atoms. The van der Waals surface area contributed by atoms with Crippen molar-refractivity contribution >= 4 is 83.3 Å². The third-order valence-electron chi connectivity index (χ3n) is 14.3. The number of hydrogen-bond donors (Lipinski definition) is 13. The zero-order valence-electron chi connectivity index (χ0n) is 56.2. The van der Waals surface area contributed by atoms with Gasteiger partial charge in [0, 0.05) is 125 Å². The number of aliphatic carboxylic acids is 6. The minimum Gasteiger partial charge on any atom is -0.481 e. The highest BCUT2D eigenvalue weighted by Crippen LogP contribution is 2.15. The first-order valence-electron chi connectivity index (χ1n) is 33.3. The van der Waals surface area contributed by atoms with Gasteiger partial charge in [0.25, 0.3) is 11.8 Å². The molecule has 1 rings (SSSR count). The van der Waals surface area contributed by atoms with Crippen molar-refractivity contribution in [2.45, 2.75) is 242 Å². The van der Waals surface area contributed by atoms with Gasteiger partial charge in [0.05, 0.1) is 6.61 Å². The smallest absolute Gasteiger partial charge is 0.333 e. The maximum atomic E-state index is 12.0. The second-order valence-corrected chi connectivity index (χ2v) is 22.7. The molecule has 33 heteroatoms. The Morgan fingerprint density at radius 1 is 0.396 bits per heavy atom. The highest BCUT2D eigenvalue weighted by atomic mass is 16.7. The predicted molar refractivity (Wildman–Crippen MR) is 345 cm³/mol. The lowest BCUT2D eigenvalue weighted by Crippen LogP contribution is -2.51. The lowest BCUT2D eigenvalue weighted by atomic mass is 10.1. The van der Waals surface area contributed by atoms with Gasteiger partial charge >= 0.3 is 53.8 Å². The first-order valence-corrected chi connectivity index (χ1v) is 33.3. The molecule has 0 saturated carbocycles. The Morgan fingerprint density at radius 3 is 1.10 bits per heavy atom. The molecule has 1 heterocycles. The van der Waals surface area contributed by atoms with E-state index in [0.717, 1.165) is 90.6 Å². The van der Waals surface area contributed by atoms with E-state index in [4.69, 9.17) is 49.9 Å². The molecule has 33 nitrogen and oxygen atoms in total. The fraction of sp³-hybridized carbons (Fsp3) is 0.778. The Labute approximate surface area is 561 Å². The van der Waals surface area contributed by atoms with Crippen molar-refractivity contribution in [1.82, 2.24) is 37.0 Å². The molecule has 0 spiro atoms. The monoisotopic (exact) mass is 1380 g/mol. The summed E-state index contributed by atoms with van der Waals surface area (Å²) in [4.78, 5) is 166. The third kappa shape index (κ3) is 55.6. The van der Waals surface area contributed by atoms with Crippen LogP contribution in [-0.4, -0.2) is 217 Å². The number of nitrogens with zero attached hydrogens (tertiary/aromatic N) is 1. The molecular formula is C63H110N8O25. The van der Waals surface area contributed by atoms with Gasteiger partial charge in [0.15, 0.2) is 0 Å². The molecule has 96 heavy (non-hydrogen) atoms. The predicted octanol–water partition coefficient (Wildman–Crippen LogP) is 4.72. The van der Waals surface area contributed by atoms with Gasteiger partial charge in [-0.15, -0.1) is 5.06 Å². The van der Waals surface area contributed by atoms with E-state index in [1.54, 1.807) is 14.2 Å². The van der Waals surface area contributed by atoms with Gasteiger partial charge in [-0.2, -0.15) is 0 Å². The lowest BCUT2D eigenvalue weighted by Gasteiger charge is -2.18. The standard InChI is InChI=1S/C30H53N3O11.C24H36N4O12.C9H21NO2/c1-43-20-10-4-5-11-21-44-22-12-14-23(34)13-6-2-3-7-16-26(35)31-19-9-8-15-24(28(38)39)32-30(42)33-25(29(40)41)17-18-27(36)37;29-17(8-3-1-2-4-9-21(34)40-28-18(30)11-12-19(28)31)25-14-6-5-7-15(22(35)36)26-24(39)27-16(23(37)38)10-13-20(32)33;1-11-7-4-2-3-5-8-12-9-6-10/h24-25H,2-22H2,1H3,(H,31,35)(H,36,37)(H,38,39)(H,40,41)(H2,32,33,42);15-16H,1-14H2,(H,25,29)(H,32,33)(H,35,36)(H,37,38)(H2,26,27,39);2-10H2,1H3. The number of ether oxygens (including phenoxy) is 4. The normalized spacial score (nSPS) is 12.8. The van der Waals surface area contributed by atoms with Crippen LogP contribution >= 0.6 is 0 Å². The number of nitrogens with one attached hydrogen (secondary N) is 6. The van der Waals surface area contributed by atoms with Crippen LogP contribution in [-0.2, 0) is 81.3 Å². The molecule has 0 aromatic rings. The van der Waals surface area contributed by atoms with Crippen molar-refractivity contribution in [2.24, 2.45) is 5.73 Å². The number of urea groups is 2. The minimum atomic E-state index is -1.49. The summed E-state index contributed by atoms with van der Waals surface area (Å²) in [6.45, 7) is 5.83. The SMILES string of the molecule is COCCCCCCOCCCC(=O)CCCCCCC(=O)NCCCCC(NC(=O)NC(CCC(=O)O)C(=O)O)C(=O)O.COCCCCCCOCCN.O=C(O)CCC(NC(=O)NC(CCCCNC(=O)CCCCCCC(=O)ON1C(=O)CCC1=O)C(=O)O)C(=O)O. The number of carbonyl (C=O) groups excluding carboxylic acids is 8. The number of unbranched alkanes of at least 4 members (excludes halogenated alkanes) is 14. The maximum absolute atomic E-state index is 12.0. The Balaban J connectivity index is 0. The number of nitrogens with two attached hydrogens (primary N) is 1. The molecule has 552 valence electrons. The first kappa shape index (κ1) is 90.4. The van der Waals surface area contributed by atoms with Crippen LogP contribution in [0.3, 0.4) is 0 Å². The van der Waals surface area contributed by atoms with Crippen LogP contribution in [0.4, 0.5) is 9.59 Å². The molecule has 8 amide bonds. The van der Waals surface area contributed by atoms with E-state index >= 15 is 0 Å². The number of methoxy groups -OCH3 is 2. The average Bonchev–Trinajstić information content (AvgIpc) is 2.07. The Hall–Kier alpha value is -7.62. The van der Waals surface area contributed by atoms with Gasteiger partial charge in [0.2, 0.25) is 11.8 Å². The second-order valence-electron chi connectivity index (χ2n) is 22.7. The summed E-state index contributed by atoms with van der Waals surface area (Å²) in [6.07, 6.45) is 17.4. The number of hydroxylamine groups is 2. The van der Waals surface area contributed by atoms with Crippen LogP contribution in [0.5, 0.6) is 0 Å². The minimum absolute atomic E-state index is 0.0218. The molecule has 0 aromatic carbocycles. The molecule has 0 aromatic heterocycles. The molecule has 4 atom stereocenters. The van der Waals surface area contributed by atoms with Gasteiger partial charge < -0.3 is 92.1 Å². The van der Waals surface area contributed by atoms with Crippen molar-refractivity contribution in [3.8, 4) is 0 Å². The van der Waals surface area contributed by atoms with E-state index in [1.165, 1.54) is 12.8 Å². The molecule has 1 fully saturated rings. The van der Waals surface area contributed by atoms with Crippen molar-refractivity contribution in [1.29, 1.82) is 0 Å². The molecule has 1 aliphatic heterocycles. The van der Waals surface area contributed by atoms with Crippen molar-refractivity contribution in [3.63, 3.8) is 0 Å². The average molecular weight is 1380 g/mol. The lowest BCUT2D eigenvalue weighted by molar-refractivity contribution is -0.197. The Kier molecular flexibility index (Phi) is 57.5. The summed E-state index contributed by atoms with van der Waals surface area (Å²) in [5.74, 6) is -9.76. The van der Waals surface area contributed by atoms with Crippen molar-refractivity contribution < 1.29 is 122 Å². The molecule has 1 aliphatic rings. The van der Waals surface area contributed by atoms with Gasteiger partial charge in [-0.05, 0) is 109 Å². The number of imide groups is 1. The van der Waals surface area contributed by atoms with Crippen molar-refractivity contribution in [3.05, 3.63) is 0 Å². The second kappa shape index (κ2) is 61.0. The molecular weight excluding hydrogens is 1270 g/mol. The number of hydrogen-bond acceptors (Lipinski definition) is 20. The van der Waals surface area contributed by atoms with E-state index in [9.17, 15) is 77.3 Å². The molecule has 14 N–H and O–H groups in total. The number of Topliss-reactive ketones (excluding diaryl/α,β-unsaturated/α-hetero) is 1. The fourth-order valence-electron chi connectivity index (χ4n) is 8.93. The van der Waals surface area contributed by atoms with Gasteiger partial charge in [-0.3, -0.25) is 33.6 Å². The quantitative estimate of drug-likeness (QED) is 0.0289. The van der Waals surface area contributed by atoms with Gasteiger partial charge in [-0.25, -0.2) is 33.6 Å². The number of amides is 8. The first-order chi connectivity index (χ1) is 45.9. The van der Waals surface area contributed by atoms with Gasteiger partial charge in [-0.1, -0.05) is 51.4 Å². The zero-order valence-corrected chi connectivity index (χ0v) is 56.2. The fourth-order valence-corrected chi connectivity index (χ4v) is 8.93. The summed E-state index contributed by atoms with van der Waals surface area (Å²) in [5.41, 5.74) is 5.27. The zero-order chi connectivity index (χ0) is 72.2. The van der Waals surface area contributed by atoms with Crippen molar-refractivity contribution in [2.75, 3.05) is 73.5 Å². The number of carboxylic acids is 6. The van der Waals surface area contributed by atoms with Crippen LogP contribution in [0.2, 0.25) is 0 Å². The van der Waals surface area contributed by atoms with Crippen LogP contribution in [0, 0.1) is 0 Å². The molecule has 1 saturated heterocycles. The topological polar surface area (TPSA) is 508 Å². The van der Waals surface area contributed by atoms with Crippen LogP contribution in [0.15, 0.2) is 0 Å².